The summed E-state index contributed by atoms with van der Waals surface area (Å²) in [7, 11) is 0. The number of likely N-dealkylation sites (tertiary alicyclic amines) is 1. The van der Waals surface area contributed by atoms with Crippen LogP contribution >= 0.6 is 0 Å². The summed E-state index contributed by atoms with van der Waals surface area (Å²) < 4.78 is 0. The molecule has 84 valence electrons. The van der Waals surface area contributed by atoms with Gasteiger partial charge in [0.25, 0.3) is 0 Å². The molecule has 0 amide bonds. The molecule has 0 saturated carbocycles. The first-order valence-corrected chi connectivity index (χ1v) is 6.13. The van der Waals surface area contributed by atoms with Crippen LogP contribution in [0, 0.1) is 11.8 Å². The first-order valence-electron chi connectivity index (χ1n) is 6.13. The number of hydrogen-bond acceptors (Lipinski definition) is 2. The topological polar surface area (TPSA) is 29.3 Å². The maximum atomic E-state index is 5.75. The highest BCUT2D eigenvalue weighted by Crippen LogP contribution is 2.23. The van der Waals surface area contributed by atoms with Crippen molar-refractivity contribution >= 4 is 0 Å². The second kappa shape index (κ2) is 5.72. The molecule has 2 nitrogen and oxygen atoms in total. The number of piperidine rings is 1. The van der Waals surface area contributed by atoms with E-state index in [0.29, 0.717) is 5.92 Å². The van der Waals surface area contributed by atoms with Gasteiger partial charge < -0.3 is 10.6 Å². The summed E-state index contributed by atoms with van der Waals surface area (Å²) in [6.45, 7) is 10.3. The maximum Gasteiger partial charge on any atom is 0.00926 e. The molecule has 1 aliphatic heterocycles. The van der Waals surface area contributed by atoms with E-state index in [1.165, 1.54) is 32.4 Å². The zero-order chi connectivity index (χ0) is 10.6. The van der Waals surface area contributed by atoms with Gasteiger partial charge in [-0.15, -0.1) is 0 Å². The predicted octanol–water partition coefficient (Wildman–Crippen LogP) is 2.09. The van der Waals surface area contributed by atoms with Crippen LogP contribution < -0.4 is 5.73 Å². The summed E-state index contributed by atoms with van der Waals surface area (Å²) in [5.74, 6) is 1.56. The molecular formula is C12H26N2. The van der Waals surface area contributed by atoms with E-state index in [1.54, 1.807) is 0 Å². The minimum absolute atomic E-state index is 0.697. The van der Waals surface area contributed by atoms with Gasteiger partial charge in [0.05, 0.1) is 0 Å². The zero-order valence-corrected chi connectivity index (χ0v) is 10.00. The van der Waals surface area contributed by atoms with Gasteiger partial charge in [0.1, 0.15) is 0 Å². The molecule has 3 atom stereocenters. The second-order valence-electron chi connectivity index (χ2n) is 4.87. The Bertz CT molecular complexity index is 154. The molecule has 0 bridgehead atoms. The third kappa shape index (κ3) is 2.96. The quantitative estimate of drug-likeness (QED) is 0.749. The van der Waals surface area contributed by atoms with Crippen molar-refractivity contribution in [2.24, 2.45) is 17.6 Å². The van der Waals surface area contributed by atoms with Gasteiger partial charge in [0.2, 0.25) is 0 Å². The summed E-state index contributed by atoms with van der Waals surface area (Å²) in [4.78, 5) is 2.63. The third-order valence-electron chi connectivity index (χ3n) is 3.91. The first-order chi connectivity index (χ1) is 6.69. The molecule has 2 N–H and O–H groups in total. The lowest BCUT2D eigenvalue weighted by Crippen LogP contribution is -2.45. The van der Waals surface area contributed by atoms with Gasteiger partial charge in [-0.2, -0.15) is 0 Å². The van der Waals surface area contributed by atoms with Gasteiger partial charge in [-0.1, -0.05) is 20.3 Å². The van der Waals surface area contributed by atoms with Crippen molar-refractivity contribution in [2.45, 2.75) is 46.1 Å². The molecule has 1 aliphatic rings. The monoisotopic (exact) mass is 198 g/mol. The van der Waals surface area contributed by atoms with Gasteiger partial charge in [0, 0.05) is 12.6 Å². The molecule has 0 aliphatic carbocycles. The fourth-order valence-corrected chi connectivity index (χ4v) is 2.38. The van der Waals surface area contributed by atoms with Gasteiger partial charge in [-0.25, -0.2) is 0 Å². The van der Waals surface area contributed by atoms with E-state index in [-0.39, 0.29) is 0 Å². The Morgan fingerprint density at radius 2 is 2.14 bits per heavy atom. The Hall–Kier alpha value is -0.0800. The van der Waals surface area contributed by atoms with E-state index in [2.05, 4.69) is 25.7 Å². The van der Waals surface area contributed by atoms with Crippen LogP contribution in [-0.2, 0) is 0 Å². The maximum absolute atomic E-state index is 5.75. The summed E-state index contributed by atoms with van der Waals surface area (Å²) in [6, 6.07) is 0.754. The van der Waals surface area contributed by atoms with Crippen LogP contribution in [0.5, 0.6) is 0 Å². The van der Waals surface area contributed by atoms with E-state index in [0.717, 1.165) is 18.5 Å². The van der Waals surface area contributed by atoms with Crippen molar-refractivity contribution in [1.29, 1.82) is 0 Å². The lowest BCUT2D eigenvalue weighted by atomic mass is 9.91. The minimum Gasteiger partial charge on any atom is -0.330 e. The molecule has 3 unspecified atom stereocenters. The van der Waals surface area contributed by atoms with Crippen molar-refractivity contribution in [3.05, 3.63) is 0 Å². The molecule has 0 aromatic rings. The van der Waals surface area contributed by atoms with E-state index in [4.69, 9.17) is 5.73 Å². The average Bonchev–Trinajstić information content (AvgIpc) is 2.20. The molecule has 1 saturated heterocycles. The van der Waals surface area contributed by atoms with Crippen LogP contribution in [0.25, 0.3) is 0 Å². The normalized spacial score (nSPS) is 31.7. The second-order valence-corrected chi connectivity index (χ2v) is 4.87. The van der Waals surface area contributed by atoms with E-state index in [1.807, 2.05) is 0 Å². The number of nitrogens with two attached hydrogens (primary N) is 1. The van der Waals surface area contributed by atoms with E-state index in [9.17, 15) is 0 Å². The van der Waals surface area contributed by atoms with Gasteiger partial charge in [-0.3, -0.25) is 0 Å². The fourth-order valence-electron chi connectivity index (χ4n) is 2.38. The number of nitrogens with zero attached hydrogens (tertiary/aromatic N) is 1. The summed E-state index contributed by atoms with van der Waals surface area (Å²) >= 11 is 0. The number of hydrogen-bond donors (Lipinski definition) is 1. The molecule has 0 spiro atoms. The van der Waals surface area contributed by atoms with E-state index < -0.39 is 0 Å². The molecule has 0 aromatic carbocycles. The lowest BCUT2D eigenvalue weighted by molar-refractivity contribution is 0.0956. The summed E-state index contributed by atoms with van der Waals surface area (Å²) in [5, 5.41) is 0. The molecule has 1 fully saturated rings. The lowest BCUT2D eigenvalue weighted by Gasteiger charge is -2.39. The van der Waals surface area contributed by atoms with Gasteiger partial charge in [-0.05, 0) is 44.7 Å². The van der Waals surface area contributed by atoms with Crippen molar-refractivity contribution in [3.63, 3.8) is 0 Å². The molecule has 0 radical (unpaired) electrons. The van der Waals surface area contributed by atoms with E-state index >= 15 is 0 Å². The average molecular weight is 198 g/mol. The highest BCUT2D eigenvalue weighted by atomic mass is 15.2. The standard InChI is InChI=1S/C12H26N2/c1-4-12(8-13)9-14-7-5-6-10(2)11(14)3/h10-12H,4-9,13H2,1-3H3. The first kappa shape index (κ1) is 12.0. The molecule has 1 rings (SSSR count). The van der Waals surface area contributed by atoms with Crippen molar-refractivity contribution in [3.8, 4) is 0 Å². The SMILES string of the molecule is CCC(CN)CN1CCCC(C)C1C. The van der Waals surface area contributed by atoms with Crippen LogP contribution in [-0.4, -0.2) is 30.6 Å². The molecular weight excluding hydrogens is 172 g/mol. The molecule has 2 heteroatoms. The van der Waals surface area contributed by atoms with Gasteiger partial charge in [0.15, 0.2) is 0 Å². The Morgan fingerprint density at radius 3 is 2.71 bits per heavy atom. The third-order valence-corrected chi connectivity index (χ3v) is 3.91. The van der Waals surface area contributed by atoms with Crippen LogP contribution in [0.4, 0.5) is 0 Å². The Kier molecular flexibility index (Phi) is 4.90. The Morgan fingerprint density at radius 1 is 1.43 bits per heavy atom. The Balaban J connectivity index is 2.41. The summed E-state index contributed by atoms with van der Waals surface area (Å²) in [6.07, 6.45) is 3.98. The number of rotatable bonds is 4. The highest BCUT2D eigenvalue weighted by Gasteiger charge is 2.25. The van der Waals surface area contributed by atoms with Crippen LogP contribution in [0.1, 0.15) is 40.0 Å². The van der Waals surface area contributed by atoms with Crippen molar-refractivity contribution in [1.82, 2.24) is 4.90 Å². The molecule has 1 heterocycles. The highest BCUT2D eigenvalue weighted by molar-refractivity contribution is 4.80. The van der Waals surface area contributed by atoms with Crippen molar-refractivity contribution < 1.29 is 0 Å². The molecule has 0 aromatic heterocycles. The zero-order valence-electron chi connectivity index (χ0n) is 10.00. The van der Waals surface area contributed by atoms with Gasteiger partial charge >= 0.3 is 0 Å². The summed E-state index contributed by atoms with van der Waals surface area (Å²) in [5.41, 5.74) is 5.75. The smallest absolute Gasteiger partial charge is 0.00926 e. The largest absolute Gasteiger partial charge is 0.330 e. The van der Waals surface area contributed by atoms with Crippen LogP contribution in [0.2, 0.25) is 0 Å². The minimum atomic E-state index is 0.697. The van der Waals surface area contributed by atoms with Crippen LogP contribution in [0.15, 0.2) is 0 Å². The Labute approximate surface area is 88.8 Å². The fraction of sp³-hybridized carbons (Fsp3) is 1.00. The molecule has 14 heavy (non-hydrogen) atoms. The van der Waals surface area contributed by atoms with Crippen LogP contribution in [0.3, 0.4) is 0 Å². The van der Waals surface area contributed by atoms with Crippen molar-refractivity contribution in [2.75, 3.05) is 19.6 Å². The predicted molar refractivity (Wildman–Crippen MR) is 62.3 cm³/mol.